The van der Waals surface area contributed by atoms with Crippen LogP contribution in [0.15, 0.2) is 67.0 Å². The Morgan fingerprint density at radius 2 is 1.81 bits per heavy atom. The maximum absolute atomic E-state index is 13.5. The van der Waals surface area contributed by atoms with Crippen LogP contribution >= 0.6 is 0 Å². The van der Waals surface area contributed by atoms with Crippen molar-refractivity contribution in [3.8, 4) is 0 Å². The van der Waals surface area contributed by atoms with Crippen LogP contribution in [0.5, 0.6) is 0 Å². The van der Waals surface area contributed by atoms with E-state index in [-0.39, 0.29) is 11.9 Å². The first-order chi connectivity index (χ1) is 17.5. The van der Waals surface area contributed by atoms with Crippen LogP contribution < -0.4 is 0 Å². The Labute approximate surface area is 212 Å². The average molecular weight is 483 g/mol. The summed E-state index contributed by atoms with van der Waals surface area (Å²) in [5.74, 6) is 0.466. The van der Waals surface area contributed by atoms with Gasteiger partial charge >= 0.3 is 0 Å². The molecule has 1 aliphatic rings. The lowest BCUT2D eigenvalue weighted by Crippen LogP contribution is -2.47. The van der Waals surface area contributed by atoms with Crippen LogP contribution in [0.1, 0.15) is 40.2 Å². The van der Waals surface area contributed by atoms with Crippen molar-refractivity contribution in [1.82, 2.24) is 29.5 Å². The van der Waals surface area contributed by atoms with Crippen molar-refractivity contribution >= 4 is 16.9 Å². The third-order valence-corrected chi connectivity index (χ3v) is 7.48. The van der Waals surface area contributed by atoms with Gasteiger partial charge in [-0.15, -0.1) is 0 Å². The molecule has 2 aromatic carbocycles. The predicted molar refractivity (Wildman–Crippen MR) is 142 cm³/mol. The second-order valence-corrected chi connectivity index (χ2v) is 9.92. The third kappa shape index (κ3) is 5.16. The van der Waals surface area contributed by atoms with E-state index >= 15 is 0 Å². The van der Waals surface area contributed by atoms with E-state index in [2.05, 4.69) is 56.4 Å². The zero-order valence-corrected chi connectivity index (χ0v) is 21.3. The Morgan fingerprint density at radius 1 is 1.06 bits per heavy atom. The van der Waals surface area contributed by atoms with Gasteiger partial charge in [0.2, 0.25) is 0 Å². The molecule has 0 aliphatic carbocycles. The summed E-state index contributed by atoms with van der Waals surface area (Å²) in [5.41, 5.74) is 5.92. The molecule has 1 unspecified atom stereocenters. The molecular weight excluding hydrogens is 448 g/mol. The first-order valence-electron chi connectivity index (χ1n) is 12.7. The van der Waals surface area contributed by atoms with Crippen molar-refractivity contribution < 1.29 is 4.79 Å². The van der Waals surface area contributed by atoms with Crippen LogP contribution in [-0.4, -0.2) is 61.6 Å². The molecule has 7 heteroatoms. The summed E-state index contributed by atoms with van der Waals surface area (Å²) in [5, 5.41) is 4.39. The van der Waals surface area contributed by atoms with Gasteiger partial charge in [-0.25, -0.2) is 0 Å². The molecule has 0 spiro atoms. The lowest BCUT2D eigenvalue weighted by Gasteiger charge is -2.40. The molecule has 4 aromatic rings. The van der Waals surface area contributed by atoms with Crippen molar-refractivity contribution in [2.24, 2.45) is 13.0 Å². The summed E-state index contributed by atoms with van der Waals surface area (Å²) in [6.07, 6.45) is 6.47. The van der Waals surface area contributed by atoms with Crippen molar-refractivity contribution in [2.75, 3.05) is 20.1 Å². The van der Waals surface area contributed by atoms with Crippen LogP contribution in [0.3, 0.4) is 0 Å². The number of benzene rings is 2. The van der Waals surface area contributed by atoms with Gasteiger partial charge in [-0.2, -0.15) is 5.10 Å². The number of hydrogen-bond donors (Lipinski definition) is 0. The molecule has 36 heavy (non-hydrogen) atoms. The summed E-state index contributed by atoms with van der Waals surface area (Å²) >= 11 is 0. The van der Waals surface area contributed by atoms with Crippen LogP contribution in [0.2, 0.25) is 0 Å². The maximum Gasteiger partial charge on any atom is 0.272 e. The van der Waals surface area contributed by atoms with Crippen LogP contribution in [0, 0.1) is 12.8 Å². The van der Waals surface area contributed by atoms with Crippen molar-refractivity contribution in [3.05, 3.63) is 89.5 Å². The summed E-state index contributed by atoms with van der Waals surface area (Å²) in [7, 11) is 3.80. The predicted octanol–water partition coefficient (Wildman–Crippen LogP) is 4.27. The number of para-hydroxylation sites is 1. The highest BCUT2D eigenvalue weighted by atomic mass is 16.2. The Hall–Kier alpha value is -3.58. The number of nitrogens with zero attached hydrogens (tertiary/aromatic N) is 6. The fraction of sp³-hybridized carbons (Fsp3) is 0.379. The molecule has 1 amide bonds. The van der Waals surface area contributed by atoms with Gasteiger partial charge in [-0.1, -0.05) is 42.5 Å². The highest BCUT2D eigenvalue weighted by Crippen LogP contribution is 2.29. The van der Waals surface area contributed by atoms with Gasteiger partial charge in [0.25, 0.3) is 5.91 Å². The smallest absolute Gasteiger partial charge is 0.272 e. The fourth-order valence-corrected chi connectivity index (χ4v) is 5.53. The summed E-state index contributed by atoms with van der Waals surface area (Å²) < 4.78 is 1.70. The van der Waals surface area contributed by atoms with Gasteiger partial charge < -0.3 is 4.90 Å². The second kappa shape index (κ2) is 10.6. The summed E-state index contributed by atoms with van der Waals surface area (Å²) in [6.45, 7) is 4.80. The van der Waals surface area contributed by atoms with Crippen molar-refractivity contribution in [2.45, 2.75) is 38.8 Å². The van der Waals surface area contributed by atoms with Crippen LogP contribution in [0.4, 0.5) is 0 Å². The average Bonchev–Trinajstić information content (AvgIpc) is 3.25. The molecule has 3 heterocycles. The SMILES string of the molecule is Cc1cc(C(=O)N(C)C(Cc2ccccc2)C2CCN(Cc3cccc4nccnc34)CC2)n(C)n1. The molecule has 5 rings (SSSR count). The number of aryl methyl sites for hydroxylation is 2. The van der Waals surface area contributed by atoms with Crippen molar-refractivity contribution in [3.63, 3.8) is 0 Å². The Balaban J connectivity index is 1.31. The number of amides is 1. The minimum absolute atomic E-state index is 0.0378. The molecule has 1 saturated heterocycles. The summed E-state index contributed by atoms with van der Waals surface area (Å²) in [6, 6.07) is 18.8. The molecular formula is C29H34N6O. The topological polar surface area (TPSA) is 67.2 Å². The van der Waals surface area contributed by atoms with Gasteiger partial charge in [0.05, 0.1) is 16.7 Å². The minimum atomic E-state index is 0.0378. The molecule has 2 aromatic heterocycles. The standard InChI is InChI=1S/C29H34N6O/c1-21-18-27(34(3)32-21)29(36)33(2)26(19-22-8-5-4-6-9-22)23-12-16-35(17-13-23)20-24-10-7-11-25-28(24)31-15-14-30-25/h4-11,14-15,18,23,26H,12-13,16-17,19-20H2,1-3H3. The minimum Gasteiger partial charge on any atom is -0.337 e. The van der Waals surface area contributed by atoms with E-state index in [9.17, 15) is 4.79 Å². The molecule has 0 radical (unpaired) electrons. The first-order valence-corrected chi connectivity index (χ1v) is 12.7. The van der Waals surface area contributed by atoms with E-state index in [0.29, 0.717) is 11.6 Å². The molecule has 0 N–H and O–H groups in total. The molecule has 0 bridgehead atoms. The Bertz CT molecular complexity index is 1320. The number of likely N-dealkylation sites (N-methyl/N-ethyl adjacent to an activating group) is 1. The van der Waals surface area contributed by atoms with Gasteiger partial charge in [0, 0.05) is 39.1 Å². The lowest BCUT2D eigenvalue weighted by atomic mass is 9.84. The number of aromatic nitrogens is 4. The fourth-order valence-electron chi connectivity index (χ4n) is 5.53. The molecule has 186 valence electrons. The van der Waals surface area contributed by atoms with Crippen LogP contribution in [0.25, 0.3) is 11.0 Å². The largest absolute Gasteiger partial charge is 0.337 e. The van der Waals surface area contributed by atoms with Crippen LogP contribution in [-0.2, 0) is 20.0 Å². The number of hydrogen-bond acceptors (Lipinski definition) is 5. The van der Waals surface area contributed by atoms with E-state index in [1.54, 1.807) is 17.1 Å². The number of carbonyl (C=O) groups is 1. The molecule has 1 fully saturated rings. The number of fused-ring (bicyclic) bond motifs is 1. The normalized spacial score (nSPS) is 15.8. The summed E-state index contributed by atoms with van der Waals surface area (Å²) in [4.78, 5) is 27.0. The highest BCUT2D eigenvalue weighted by Gasteiger charge is 2.33. The highest BCUT2D eigenvalue weighted by molar-refractivity contribution is 5.92. The molecule has 1 aliphatic heterocycles. The monoisotopic (exact) mass is 482 g/mol. The second-order valence-electron chi connectivity index (χ2n) is 9.92. The number of piperidine rings is 1. The lowest BCUT2D eigenvalue weighted by molar-refractivity contribution is 0.0575. The first kappa shape index (κ1) is 24.1. The quantitative estimate of drug-likeness (QED) is 0.394. The Morgan fingerprint density at radius 3 is 2.53 bits per heavy atom. The molecule has 0 saturated carbocycles. The maximum atomic E-state index is 13.5. The zero-order valence-electron chi connectivity index (χ0n) is 21.3. The molecule has 7 nitrogen and oxygen atoms in total. The molecule has 1 atom stereocenters. The number of rotatable bonds is 7. The van der Waals surface area contributed by atoms with Crippen molar-refractivity contribution in [1.29, 1.82) is 0 Å². The van der Waals surface area contributed by atoms with E-state index in [1.165, 1.54) is 11.1 Å². The van der Waals surface area contributed by atoms with E-state index in [0.717, 1.165) is 55.6 Å². The van der Waals surface area contributed by atoms with Gasteiger partial charge in [-0.3, -0.25) is 24.3 Å². The van der Waals surface area contributed by atoms with E-state index in [1.807, 2.05) is 44.1 Å². The Kier molecular flexibility index (Phi) is 7.09. The van der Waals surface area contributed by atoms with Gasteiger partial charge in [0.15, 0.2) is 0 Å². The van der Waals surface area contributed by atoms with Gasteiger partial charge in [0.1, 0.15) is 5.69 Å². The van der Waals surface area contributed by atoms with E-state index in [4.69, 9.17) is 0 Å². The number of carbonyl (C=O) groups excluding carboxylic acids is 1. The zero-order chi connectivity index (χ0) is 25.1. The van der Waals surface area contributed by atoms with E-state index < -0.39 is 0 Å². The van der Waals surface area contributed by atoms with Gasteiger partial charge in [-0.05, 0) is 68.5 Å². The number of likely N-dealkylation sites (tertiary alicyclic amines) is 1. The third-order valence-electron chi connectivity index (χ3n) is 7.48.